The number of nitrogens with zero attached hydrogens (tertiary/aromatic N) is 1. The number of amides is 1. The normalized spacial score (nSPS) is 12.5. The van der Waals surface area contributed by atoms with E-state index >= 15 is 0 Å². The molecule has 1 rings (SSSR count). The van der Waals surface area contributed by atoms with Crippen LogP contribution in [0.25, 0.3) is 0 Å². The Morgan fingerprint density at radius 1 is 1.27 bits per heavy atom. The van der Waals surface area contributed by atoms with Gasteiger partial charge in [0.2, 0.25) is 15.9 Å². The summed E-state index contributed by atoms with van der Waals surface area (Å²) in [5, 5.41) is 2.38. The summed E-state index contributed by atoms with van der Waals surface area (Å²) in [6.07, 6.45) is -4.45. The van der Waals surface area contributed by atoms with Crippen LogP contribution in [0, 0.1) is 0 Å². The number of hydrogen-bond donors (Lipinski definition) is 1. The summed E-state index contributed by atoms with van der Waals surface area (Å²) in [7, 11) is -1.64. The Labute approximate surface area is 127 Å². The van der Waals surface area contributed by atoms with Crippen molar-refractivity contribution in [3.63, 3.8) is 0 Å². The number of hydrogen-bond acceptors (Lipinski definition) is 3. The van der Waals surface area contributed by atoms with Crippen LogP contribution in [0.3, 0.4) is 0 Å². The molecular formula is C13H17F3N2O3S. The van der Waals surface area contributed by atoms with Crippen LogP contribution < -0.4 is 5.32 Å². The first-order chi connectivity index (χ1) is 10.1. The van der Waals surface area contributed by atoms with Crippen molar-refractivity contribution in [1.82, 2.24) is 9.62 Å². The number of benzene rings is 1. The highest BCUT2D eigenvalue weighted by Gasteiger charge is 2.37. The van der Waals surface area contributed by atoms with Crippen molar-refractivity contribution in [2.75, 3.05) is 20.6 Å². The molecule has 0 saturated carbocycles. The van der Waals surface area contributed by atoms with Gasteiger partial charge in [-0.3, -0.25) is 4.79 Å². The standard InChI is InChI=1S/C13H17F3N2O3S/c1-17-12(19)8-5-9-18(2)22(20,21)11-7-4-3-6-10(11)13(14,15)16/h3-4,6-7H,5,8-9H2,1-2H3,(H,17,19). The van der Waals surface area contributed by atoms with E-state index in [1.807, 2.05) is 0 Å². The third-order valence-electron chi connectivity index (χ3n) is 3.04. The van der Waals surface area contributed by atoms with Gasteiger partial charge in [0.05, 0.1) is 10.5 Å². The van der Waals surface area contributed by atoms with Crippen LogP contribution in [0.4, 0.5) is 13.2 Å². The molecule has 0 unspecified atom stereocenters. The lowest BCUT2D eigenvalue weighted by atomic mass is 10.2. The summed E-state index contributed by atoms with van der Waals surface area (Å²) in [6, 6.07) is 4.02. The molecule has 0 saturated heterocycles. The molecular weight excluding hydrogens is 321 g/mol. The molecule has 124 valence electrons. The zero-order chi connectivity index (χ0) is 17.0. The first-order valence-electron chi connectivity index (χ1n) is 6.44. The number of carbonyl (C=O) groups is 1. The average Bonchev–Trinajstić information content (AvgIpc) is 2.45. The monoisotopic (exact) mass is 338 g/mol. The van der Waals surface area contributed by atoms with Gasteiger partial charge in [0.15, 0.2) is 0 Å². The van der Waals surface area contributed by atoms with Crippen LogP contribution in [-0.4, -0.2) is 39.3 Å². The molecule has 0 bridgehead atoms. The summed E-state index contributed by atoms with van der Waals surface area (Å²) in [4.78, 5) is 10.3. The summed E-state index contributed by atoms with van der Waals surface area (Å²) < 4.78 is 64.1. The maximum atomic E-state index is 12.9. The SMILES string of the molecule is CNC(=O)CCCN(C)S(=O)(=O)c1ccccc1C(F)(F)F. The zero-order valence-electron chi connectivity index (χ0n) is 12.1. The van der Waals surface area contributed by atoms with Crippen molar-refractivity contribution in [1.29, 1.82) is 0 Å². The van der Waals surface area contributed by atoms with Crippen molar-refractivity contribution in [2.45, 2.75) is 23.9 Å². The molecule has 5 nitrogen and oxygen atoms in total. The summed E-state index contributed by atoms with van der Waals surface area (Å²) in [6.45, 7) is -0.0536. The number of carbonyl (C=O) groups excluding carboxylic acids is 1. The van der Waals surface area contributed by atoms with E-state index in [4.69, 9.17) is 0 Å². The van der Waals surface area contributed by atoms with Crippen molar-refractivity contribution in [3.8, 4) is 0 Å². The van der Waals surface area contributed by atoms with Crippen molar-refractivity contribution in [3.05, 3.63) is 29.8 Å². The van der Waals surface area contributed by atoms with Crippen molar-refractivity contribution in [2.24, 2.45) is 0 Å². The zero-order valence-corrected chi connectivity index (χ0v) is 13.0. The van der Waals surface area contributed by atoms with Crippen molar-refractivity contribution < 1.29 is 26.4 Å². The number of rotatable bonds is 6. The second-order valence-electron chi connectivity index (χ2n) is 4.60. The van der Waals surface area contributed by atoms with E-state index in [0.717, 1.165) is 22.5 Å². The molecule has 0 aliphatic carbocycles. The van der Waals surface area contributed by atoms with E-state index < -0.39 is 26.7 Å². The van der Waals surface area contributed by atoms with E-state index in [-0.39, 0.29) is 25.3 Å². The number of nitrogens with one attached hydrogen (secondary N) is 1. The lowest BCUT2D eigenvalue weighted by Gasteiger charge is -2.20. The molecule has 22 heavy (non-hydrogen) atoms. The average molecular weight is 338 g/mol. The molecule has 0 heterocycles. The van der Waals surface area contributed by atoms with Gasteiger partial charge in [0, 0.05) is 27.1 Å². The summed E-state index contributed by atoms with van der Waals surface area (Å²) in [5.41, 5.74) is -1.20. The second kappa shape index (κ2) is 7.10. The van der Waals surface area contributed by atoms with Gasteiger partial charge < -0.3 is 5.32 Å². The molecule has 1 N–H and O–H groups in total. The van der Waals surface area contributed by atoms with Gasteiger partial charge in [-0.15, -0.1) is 0 Å². The van der Waals surface area contributed by atoms with Crippen LogP contribution in [0.2, 0.25) is 0 Å². The van der Waals surface area contributed by atoms with E-state index in [1.54, 1.807) is 0 Å². The second-order valence-corrected chi connectivity index (χ2v) is 6.61. The highest BCUT2D eigenvalue weighted by molar-refractivity contribution is 7.89. The van der Waals surface area contributed by atoms with Gasteiger partial charge in [-0.1, -0.05) is 12.1 Å². The Morgan fingerprint density at radius 3 is 2.41 bits per heavy atom. The fourth-order valence-electron chi connectivity index (χ4n) is 1.80. The molecule has 0 aromatic heterocycles. The first kappa shape index (κ1) is 18.4. The largest absolute Gasteiger partial charge is 0.417 e. The Balaban J connectivity index is 2.97. The van der Waals surface area contributed by atoms with Gasteiger partial charge in [0.25, 0.3) is 0 Å². The first-order valence-corrected chi connectivity index (χ1v) is 7.88. The number of sulfonamides is 1. The molecule has 9 heteroatoms. The van der Waals surface area contributed by atoms with E-state index in [0.29, 0.717) is 0 Å². The fraction of sp³-hybridized carbons (Fsp3) is 0.462. The molecule has 0 radical (unpaired) electrons. The quantitative estimate of drug-likeness (QED) is 0.861. The van der Waals surface area contributed by atoms with Crippen LogP contribution in [0.1, 0.15) is 18.4 Å². The molecule has 1 aromatic rings. The van der Waals surface area contributed by atoms with Gasteiger partial charge >= 0.3 is 6.18 Å². The lowest BCUT2D eigenvalue weighted by Crippen LogP contribution is -2.30. The third kappa shape index (κ3) is 4.44. The Morgan fingerprint density at radius 2 is 1.86 bits per heavy atom. The minimum atomic E-state index is -4.76. The van der Waals surface area contributed by atoms with Crippen LogP contribution in [0.15, 0.2) is 29.2 Å². The molecule has 0 fully saturated rings. The minimum absolute atomic E-state index is 0.0536. The van der Waals surface area contributed by atoms with Gasteiger partial charge in [-0.25, -0.2) is 12.7 Å². The highest BCUT2D eigenvalue weighted by atomic mass is 32.2. The lowest BCUT2D eigenvalue weighted by molar-refractivity contribution is -0.139. The molecule has 1 aromatic carbocycles. The molecule has 0 aliphatic rings. The van der Waals surface area contributed by atoms with E-state index in [1.165, 1.54) is 20.2 Å². The smallest absolute Gasteiger partial charge is 0.359 e. The fourth-order valence-corrected chi connectivity index (χ4v) is 3.22. The molecule has 0 aliphatic heterocycles. The van der Waals surface area contributed by atoms with E-state index in [9.17, 15) is 26.4 Å². The van der Waals surface area contributed by atoms with Gasteiger partial charge in [0.1, 0.15) is 0 Å². The van der Waals surface area contributed by atoms with E-state index in [2.05, 4.69) is 5.32 Å². The minimum Gasteiger partial charge on any atom is -0.359 e. The maximum Gasteiger partial charge on any atom is 0.417 e. The number of halogens is 3. The molecule has 0 atom stereocenters. The topological polar surface area (TPSA) is 66.5 Å². The van der Waals surface area contributed by atoms with Crippen LogP contribution in [0.5, 0.6) is 0 Å². The highest BCUT2D eigenvalue weighted by Crippen LogP contribution is 2.34. The van der Waals surface area contributed by atoms with Gasteiger partial charge in [-0.2, -0.15) is 13.2 Å². The predicted molar refractivity (Wildman–Crippen MR) is 74.6 cm³/mol. The maximum absolute atomic E-state index is 12.9. The van der Waals surface area contributed by atoms with Crippen LogP contribution in [-0.2, 0) is 21.0 Å². The Kier molecular flexibility index (Phi) is 5.95. The predicted octanol–water partition coefficient (Wildman–Crippen LogP) is 1.85. The van der Waals surface area contributed by atoms with Crippen LogP contribution >= 0.6 is 0 Å². The third-order valence-corrected chi connectivity index (χ3v) is 4.95. The van der Waals surface area contributed by atoms with Crippen molar-refractivity contribution >= 4 is 15.9 Å². The molecule has 0 spiro atoms. The Bertz CT molecular complexity index is 630. The Hall–Kier alpha value is -1.61. The summed E-state index contributed by atoms with van der Waals surface area (Å²) >= 11 is 0. The molecule has 1 amide bonds. The van der Waals surface area contributed by atoms with Gasteiger partial charge in [-0.05, 0) is 18.6 Å². The summed E-state index contributed by atoms with van der Waals surface area (Å²) in [5.74, 6) is -0.263. The number of alkyl halides is 3.